The summed E-state index contributed by atoms with van der Waals surface area (Å²) in [5, 5.41) is 13.1. The van der Waals surface area contributed by atoms with Crippen LogP contribution in [-0.4, -0.2) is 50.3 Å². The standard InChI is InChI=1S/C21H23F3N4O2S/c1-12-9-18-25-10-17(13(2)28(18)26-12)20(4,30)14(3)27(11-31)19(29)15-5-7-16(8-6-15)21(22,23)24/h5-12,14,26,30H,1-4H3/t12-,14?,20?/m0/s1. The molecule has 6 nitrogen and oxygen atoms in total. The van der Waals surface area contributed by atoms with Crippen molar-refractivity contribution in [1.29, 1.82) is 0 Å². The molecule has 166 valence electrons. The van der Waals surface area contributed by atoms with Crippen molar-refractivity contribution in [1.82, 2.24) is 15.3 Å². The summed E-state index contributed by atoms with van der Waals surface area (Å²) in [5.74, 6) is 0.0979. The van der Waals surface area contributed by atoms with E-state index < -0.39 is 29.3 Å². The molecule has 10 heteroatoms. The van der Waals surface area contributed by atoms with Crippen molar-refractivity contribution >= 4 is 29.8 Å². The Labute approximate surface area is 183 Å². The smallest absolute Gasteiger partial charge is 0.383 e. The second-order valence-corrected chi connectivity index (χ2v) is 7.96. The van der Waals surface area contributed by atoms with E-state index in [2.05, 4.69) is 10.4 Å². The Bertz CT molecular complexity index is 983. The van der Waals surface area contributed by atoms with Crippen LogP contribution in [-0.2, 0) is 6.18 Å². The van der Waals surface area contributed by atoms with E-state index in [1.165, 1.54) is 0 Å². The second kappa shape index (κ2) is 8.18. The van der Waals surface area contributed by atoms with Gasteiger partial charge in [0.1, 0.15) is 11.4 Å². The van der Waals surface area contributed by atoms with Crippen LogP contribution in [0.5, 0.6) is 0 Å². The lowest BCUT2D eigenvalue weighted by atomic mass is 9.86. The van der Waals surface area contributed by atoms with Gasteiger partial charge in [-0.3, -0.25) is 14.7 Å². The van der Waals surface area contributed by atoms with Crippen LogP contribution in [0.1, 0.15) is 43.6 Å². The number of hydrogen-bond donors (Lipinski definition) is 2. The number of nitrogens with zero attached hydrogens (tertiary/aromatic N) is 3. The van der Waals surface area contributed by atoms with Gasteiger partial charge in [0, 0.05) is 29.1 Å². The van der Waals surface area contributed by atoms with E-state index in [0.29, 0.717) is 17.1 Å². The van der Waals surface area contributed by atoms with Gasteiger partial charge in [-0.1, -0.05) is 12.2 Å². The molecule has 2 aliphatic heterocycles. The number of thiocarbonyl (C=S) groups is 1. The molecule has 2 unspecified atom stereocenters. The summed E-state index contributed by atoms with van der Waals surface area (Å²) in [6, 6.07) is 3.11. The van der Waals surface area contributed by atoms with Crippen LogP contribution >= 0.6 is 12.2 Å². The van der Waals surface area contributed by atoms with E-state index in [-0.39, 0.29) is 11.6 Å². The molecule has 0 saturated carbocycles. The summed E-state index contributed by atoms with van der Waals surface area (Å²) >= 11 is 5.01. The van der Waals surface area contributed by atoms with Crippen molar-refractivity contribution in [3.63, 3.8) is 0 Å². The number of rotatable bonds is 5. The zero-order valence-electron chi connectivity index (χ0n) is 17.4. The number of carbonyl (C=O) groups is 1. The number of fused-ring (bicyclic) bond motifs is 1. The van der Waals surface area contributed by atoms with Gasteiger partial charge in [-0.05, 0) is 58.0 Å². The Morgan fingerprint density at radius 1 is 1.35 bits per heavy atom. The van der Waals surface area contributed by atoms with E-state index in [1.807, 2.05) is 19.9 Å². The predicted molar refractivity (Wildman–Crippen MR) is 115 cm³/mol. The lowest BCUT2D eigenvalue weighted by Crippen LogP contribution is -2.53. The fourth-order valence-electron chi connectivity index (χ4n) is 3.58. The highest BCUT2D eigenvalue weighted by Crippen LogP contribution is 2.33. The quantitative estimate of drug-likeness (QED) is 0.668. The van der Waals surface area contributed by atoms with Crippen molar-refractivity contribution in [2.24, 2.45) is 4.99 Å². The molecule has 3 rings (SSSR count). The van der Waals surface area contributed by atoms with E-state index in [4.69, 9.17) is 12.2 Å². The number of aliphatic imine (C=N–C) groups is 1. The molecule has 2 N–H and O–H groups in total. The van der Waals surface area contributed by atoms with Gasteiger partial charge in [-0.25, -0.2) is 10.4 Å². The molecule has 2 aliphatic rings. The minimum Gasteiger partial charge on any atom is -0.383 e. The fourth-order valence-corrected chi connectivity index (χ4v) is 3.86. The van der Waals surface area contributed by atoms with E-state index in [9.17, 15) is 23.1 Å². The minimum absolute atomic E-state index is 0.0278. The van der Waals surface area contributed by atoms with Gasteiger partial charge in [-0.2, -0.15) is 13.2 Å². The zero-order valence-corrected chi connectivity index (χ0v) is 18.3. The molecule has 0 bridgehead atoms. The van der Waals surface area contributed by atoms with Crippen molar-refractivity contribution < 1.29 is 23.1 Å². The van der Waals surface area contributed by atoms with Gasteiger partial charge in [0.15, 0.2) is 0 Å². The van der Waals surface area contributed by atoms with Crippen LogP contribution < -0.4 is 5.43 Å². The predicted octanol–water partition coefficient (Wildman–Crippen LogP) is 3.65. The van der Waals surface area contributed by atoms with E-state index in [0.717, 1.165) is 34.7 Å². The number of amides is 1. The van der Waals surface area contributed by atoms with Crippen molar-refractivity contribution in [3.8, 4) is 0 Å². The maximum atomic E-state index is 13.0. The largest absolute Gasteiger partial charge is 0.416 e. The Morgan fingerprint density at radius 2 is 1.97 bits per heavy atom. The fraction of sp³-hybridized carbons (Fsp3) is 0.381. The molecule has 0 aliphatic carbocycles. The first-order valence-corrected chi connectivity index (χ1v) is 10.1. The van der Waals surface area contributed by atoms with Gasteiger partial charge in [0.2, 0.25) is 0 Å². The molecule has 0 fully saturated rings. The third-order valence-corrected chi connectivity index (χ3v) is 5.82. The SMILES string of the molecule is CC1=C(C(C)(O)C(C)N(C=S)C(=O)c2ccc(C(F)(F)F)cc2)C=NC2=C[C@H](C)NN21. The minimum atomic E-state index is -4.50. The second-order valence-electron chi connectivity index (χ2n) is 7.75. The van der Waals surface area contributed by atoms with Gasteiger partial charge in [0.05, 0.1) is 17.1 Å². The molecule has 0 saturated heterocycles. The highest BCUT2D eigenvalue weighted by molar-refractivity contribution is 7.78. The number of aliphatic hydroxyl groups is 1. The molecule has 2 heterocycles. The summed E-state index contributed by atoms with van der Waals surface area (Å²) in [5.41, 5.74) is 3.13. The van der Waals surface area contributed by atoms with Crippen LogP contribution in [0.2, 0.25) is 0 Å². The lowest BCUT2D eigenvalue weighted by Gasteiger charge is -2.40. The lowest BCUT2D eigenvalue weighted by molar-refractivity contribution is -0.137. The summed E-state index contributed by atoms with van der Waals surface area (Å²) < 4.78 is 38.4. The van der Waals surface area contributed by atoms with Crippen molar-refractivity contribution in [2.75, 3.05) is 0 Å². The highest BCUT2D eigenvalue weighted by Gasteiger charge is 2.41. The number of carbonyl (C=O) groups excluding carboxylic acids is 1. The molecule has 0 spiro atoms. The van der Waals surface area contributed by atoms with Gasteiger partial charge >= 0.3 is 6.18 Å². The molecule has 3 atom stereocenters. The van der Waals surface area contributed by atoms with Crippen LogP contribution in [0.25, 0.3) is 0 Å². The van der Waals surface area contributed by atoms with Gasteiger partial charge in [-0.15, -0.1) is 0 Å². The summed E-state index contributed by atoms with van der Waals surface area (Å²) in [6.45, 7) is 6.94. The van der Waals surface area contributed by atoms with Crippen molar-refractivity contribution in [2.45, 2.75) is 51.6 Å². The number of allylic oxidation sites excluding steroid dienone is 1. The number of nitrogens with one attached hydrogen (secondary N) is 1. The molecule has 1 aromatic rings. The Morgan fingerprint density at radius 3 is 2.52 bits per heavy atom. The molecule has 1 amide bonds. The van der Waals surface area contributed by atoms with E-state index in [1.54, 1.807) is 25.1 Å². The summed E-state index contributed by atoms with van der Waals surface area (Å²) in [6.07, 6.45) is -1.01. The number of benzene rings is 1. The number of hydrazine groups is 1. The number of hydrogen-bond acceptors (Lipinski definition) is 6. The monoisotopic (exact) mass is 452 g/mol. The highest BCUT2D eigenvalue weighted by atomic mass is 32.1. The normalized spacial score (nSPS) is 21.4. The molecule has 1 aromatic carbocycles. The average molecular weight is 453 g/mol. The van der Waals surface area contributed by atoms with Gasteiger partial charge < -0.3 is 5.11 Å². The topological polar surface area (TPSA) is 68.2 Å². The molecule has 0 aromatic heterocycles. The Balaban J connectivity index is 1.88. The summed E-state index contributed by atoms with van der Waals surface area (Å²) in [4.78, 5) is 18.5. The number of alkyl halides is 3. The molecular weight excluding hydrogens is 429 g/mol. The van der Waals surface area contributed by atoms with E-state index >= 15 is 0 Å². The summed E-state index contributed by atoms with van der Waals surface area (Å²) in [7, 11) is 0. The maximum absolute atomic E-state index is 13.0. The van der Waals surface area contributed by atoms with Crippen LogP contribution in [0.15, 0.2) is 52.4 Å². The number of halogens is 3. The zero-order chi connectivity index (χ0) is 23.1. The Hall–Kier alpha value is -2.56. The van der Waals surface area contributed by atoms with Gasteiger partial charge in [0.25, 0.3) is 5.91 Å². The first kappa shape index (κ1) is 23.1. The third kappa shape index (κ3) is 4.28. The third-order valence-electron chi connectivity index (χ3n) is 5.60. The van der Waals surface area contributed by atoms with Crippen molar-refractivity contribution in [3.05, 3.63) is 58.6 Å². The van der Waals surface area contributed by atoms with Crippen LogP contribution in [0, 0.1) is 0 Å². The first-order valence-electron chi connectivity index (χ1n) is 9.59. The average Bonchev–Trinajstić information content (AvgIpc) is 3.09. The Kier molecular flexibility index (Phi) is 6.09. The van der Waals surface area contributed by atoms with Crippen LogP contribution in [0.3, 0.4) is 0 Å². The molecule has 31 heavy (non-hydrogen) atoms. The maximum Gasteiger partial charge on any atom is 0.416 e. The van der Waals surface area contributed by atoms with Crippen LogP contribution in [0.4, 0.5) is 13.2 Å². The molecular formula is C21H23F3N4O2S. The molecule has 0 radical (unpaired) electrons. The first-order chi connectivity index (χ1) is 14.4.